The monoisotopic (exact) mass is 448 g/mol. The molecule has 1 amide bonds. The molecule has 0 fully saturated rings. The lowest BCUT2D eigenvalue weighted by atomic mass is 10.0. The van der Waals surface area contributed by atoms with Gasteiger partial charge < -0.3 is 15.3 Å². The fourth-order valence-corrected chi connectivity index (χ4v) is 4.26. The molecular weight excluding hydrogens is 432 g/mol. The summed E-state index contributed by atoms with van der Waals surface area (Å²) >= 11 is 0. The molecule has 0 aliphatic heterocycles. The maximum atomic E-state index is 12.8. The highest BCUT2D eigenvalue weighted by Crippen LogP contribution is 2.35. The summed E-state index contributed by atoms with van der Waals surface area (Å²) in [4.78, 5) is 52.3. The number of aromatic amines is 3. The number of hydrogen-bond donors (Lipinski definition) is 4. The summed E-state index contributed by atoms with van der Waals surface area (Å²) < 4.78 is 0. The molecule has 33 heavy (non-hydrogen) atoms. The summed E-state index contributed by atoms with van der Waals surface area (Å²) in [5, 5.41) is 28.4. The number of amides is 1. The number of nitro groups is 1. The first kappa shape index (κ1) is 20.2. The van der Waals surface area contributed by atoms with Crippen molar-refractivity contribution in [1.29, 1.82) is 0 Å². The average Bonchev–Trinajstić information content (AvgIpc) is 3.45. The fourth-order valence-electron chi connectivity index (χ4n) is 4.26. The van der Waals surface area contributed by atoms with Gasteiger partial charge in [-0.2, -0.15) is 5.21 Å². The van der Waals surface area contributed by atoms with Gasteiger partial charge in [-0.15, -0.1) is 10.2 Å². The van der Waals surface area contributed by atoms with Gasteiger partial charge in [0.05, 0.1) is 22.4 Å². The first-order valence-electron chi connectivity index (χ1n) is 9.97. The second-order valence-corrected chi connectivity index (χ2v) is 7.68. The topological polar surface area (TPSA) is 192 Å². The molecule has 13 nitrogen and oxygen atoms in total. The van der Waals surface area contributed by atoms with Gasteiger partial charge in [0.15, 0.2) is 0 Å². The van der Waals surface area contributed by atoms with Crippen molar-refractivity contribution in [2.24, 2.45) is 0 Å². The van der Waals surface area contributed by atoms with E-state index in [1.54, 1.807) is 24.3 Å². The van der Waals surface area contributed by atoms with Crippen LogP contribution >= 0.6 is 0 Å². The Balaban J connectivity index is 1.41. The Hall–Kier alpha value is -4.68. The van der Waals surface area contributed by atoms with Gasteiger partial charge in [0, 0.05) is 29.7 Å². The molecule has 1 aliphatic carbocycles. The highest BCUT2D eigenvalue weighted by molar-refractivity contribution is 5.85. The summed E-state index contributed by atoms with van der Waals surface area (Å²) in [5.74, 6) is 0.0873. The number of nitrogens with one attached hydrogen (secondary N) is 4. The van der Waals surface area contributed by atoms with Crippen LogP contribution in [0.4, 0.5) is 5.69 Å². The molecule has 2 aromatic carbocycles. The Morgan fingerprint density at radius 2 is 1.91 bits per heavy atom. The normalized spacial score (nSPS) is 14.8. The van der Waals surface area contributed by atoms with E-state index >= 15 is 0 Å². The maximum Gasteiger partial charge on any atom is 0.314 e. The van der Waals surface area contributed by atoms with Crippen molar-refractivity contribution >= 4 is 22.6 Å². The molecule has 0 spiro atoms. The minimum Gasteiger partial charge on any atom is -0.352 e. The predicted octanol–water partition coefficient (Wildman–Crippen LogP) is 0.131. The van der Waals surface area contributed by atoms with E-state index in [4.69, 9.17) is 0 Å². The maximum absolute atomic E-state index is 12.8. The van der Waals surface area contributed by atoms with Gasteiger partial charge in [0.25, 0.3) is 5.69 Å². The van der Waals surface area contributed by atoms with Crippen molar-refractivity contribution in [3.8, 4) is 11.4 Å². The van der Waals surface area contributed by atoms with E-state index in [2.05, 4.69) is 35.9 Å². The quantitative estimate of drug-likeness (QED) is 0.188. The molecule has 166 valence electrons. The summed E-state index contributed by atoms with van der Waals surface area (Å²) in [7, 11) is 0. The summed E-state index contributed by atoms with van der Waals surface area (Å²) in [5.41, 5.74) is 0.927. The zero-order valence-corrected chi connectivity index (χ0v) is 16.9. The number of carbonyl (C=O) groups is 1. The smallest absolute Gasteiger partial charge is 0.314 e. The molecule has 1 atom stereocenters. The Morgan fingerprint density at radius 1 is 1.15 bits per heavy atom. The molecule has 0 radical (unpaired) electrons. The van der Waals surface area contributed by atoms with Crippen molar-refractivity contribution in [1.82, 2.24) is 35.9 Å². The molecule has 5 rings (SSSR count). The van der Waals surface area contributed by atoms with Crippen molar-refractivity contribution in [2.75, 3.05) is 0 Å². The lowest BCUT2D eigenvalue weighted by molar-refractivity contribution is -0.385. The van der Waals surface area contributed by atoms with Crippen molar-refractivity contribution in [3.63, 3.8) is 0 Å². The molecule has 4 aromatic rings. The molecule has 2 aromatic heterocycles. The molecule has 0 bridgehead atoms. The summed E-state index contributed by atoms with van der Waals surface area (Å²) in [6, 6.07) is 7.99. The SMILES string of the molecule is O=C(Cc1ccccc1-c1nn[nH]n1)NC1Cc2c([N+](=O)[O-])cc3[nH]c(=O)c(=O)[nH]c3c2C1. The Bertz CT molecular complexity index is 1520. The molecule has 1 aliphatic rings. The third-order valence-electron chi connectivity index (χ3n) is 5.64. The predicted molar refractivity (Wildman–Crippen MR) is 115 cm³/mol. The number of fused-ring (bicyclic) bond motifs is 3. The van der Waals surface area contributed by atoms with E-state index in [0.717, 1.165) is 0 Å². The third-order valence-corrected chi connectivity index (χ3v) is 5.64. The number of aromatic nitrogens is 6. The van der Waals surface area contributed by atoms with Gasteiger partial charge >= 0.3 is 11.1 Å². The molecule has 0 saturated heterocycles. The van der Waals surface area contributed by atoms with Crippen LogP contribution in [0.3, 0.4) is 0 Å². The second kappa shape index (κ2) is 7.78. The molecular formula is C20H16N8O5. The van der Waals surface area contributed by atoms with Gasteiger partial charge in [-0.1, -0.05) is 24.3 Å². The lowest BCUT2D eigenvalue weighted by Crippen LogP contribution is -2.36. The number of nitrogens with zero attached hydrogens (tertiary/aromatic N) is 4. The van der Waals surface area contributed by atoms with Gasteiger partial charge in [-0.3, -0.25) is 24.5 Å². The summed E-state index contributed by atoms with van der Waals surface area (Å²) in [6.07, 6.45) is 0.541. The Kier molecular flexibility index (Phi) is 4.77. The standard InChI is InChI=1S/C20H16N8O5/c29-16(5-9-3-1-2-4-11(9)18-24-26-27-25-18)21-10-6-12-13(7-10)17-14(8-15(12)28(32)33)22-19(30)20(31)23-17/h1-4,8,10H,5-7H2,(H,21,29)(H,22,30)(H,23,31)(H,24,25,26,27). The second-order valence-electron chi connectivity index (χ2n) is 7.68. The van der Waals surface area contributed by atoms with Gasteiger partial charge in [-0.05, 0) is 22.8 Å². The van der Waals surface area contributed by atoms with E-state index in [9.17, 15) is 24.5 Å². The largest absolute Gasteiger partial charge is 0.352 e. The molecule has 4 N–H and O–H groups in total. The molecule has 13 heteroatoms. The number of hydrogen-bond acceptors (Lipinski definition) is 8. The minimum atomic E-state index is -0.889. The fraction of sp³-hybridized carbons (Fsp3) is 0.200. The van der Waals surface area contributed by atoms with E-state index in [1.807, 2.05) is 0 Å². The van der Waals surface area contributed by atoms with Crippen LogP contribution in [0.15, 0.2) is 39.9 Å². The molecule has 1 unspecified atom stereocenters. The van der Waals surface area contributed by atoms with E-state index in [1.165, 1.54) is 6.07 Å². The van der Waals surface area contributed by atoms with Crippen LogP contribution in [0.25, 0.3) is 22.4 Å². The van der Waals surface area contributed by atoms with E-state index in [0.29, 0.717) is 33.6 Å². The van der Waals surface area contributed by atoms with Crippen molar-refractivity contribution in [3.05, 3.63) is 77.8 Å². The highest BCUT2D eigenvalue weighted by Gasteiger charge is 2.32. The van der Waals surface area contributed by atoms with Crippen LogP contribution in [0, 0.1) is 10.1 Å². The molecule has 2 heterocycles. The van der Waals surface area contributed by atoms with Crippen LogP contribution in [0.2, 0.25) is 0 Å². The van der Waals surface area contributed by atoms with Gasteiger partial charge in [0.2, 0.25) is 11.7 Å². The number of tetrazole rings is 1. The highest BCUT2D eigenvalue weighted by atomic mass is 16.6. The van der Waals surface area contributed by atoms with E-state index < -0.39 is 22.1 Å². The Morgan fingerprint density at radius 3 is 2.67 bits per heavy atom. The zero-order valence-electron chi connectivity index (χ0n) is 16.9. The van der Waals surface area contributed by atoms with Gasteiger partial charge in [0.1, 0.15) is 0 Å². The van der Waals surface area contributed by atoms with Crippen LogP contribution < -0.4 is 16.4 Å². The number of nitro benzene ring substituents is 1. The van der Waals surface area contributed by atoms with Crippen LogP contribution in [0.1, 0.15) is 16.7 Å². The number of H-pyrrole nitrogens is 3. The van der Waals surface area contributed by atoms with Gasteiger partial charge in [-0.25, -0.2) is 0 Å². The van der Waals surface area contributed by atoms with Crippen molar-refractivity contribution < 1.29 is 9.72 Å². The number of rotatable bonds is 5. The van der Waals surface area contributed by atoms with Crippen molar-refractivity contribution in [2.45, 2.75) is 25.3 Å². The average molecular weight is 448 g/mol. The van der Waals surface area contributed by atoms with E-state index in [-0.39, 0.29) is 36.4 Å². The first-order chi connectivity index (χ1) is 15.9. The minimum absolute atomic E-state index is 0.0462. The third kappa shape index (κ3) is 3.64. The van der Waals surface area contributed by atoms with Crippen LogP contribution in [-0.2, 0) is 24.1 Å². The summed E-state index contributed by atoms with van der Waals surface area (Å²) in [6.45, 7) is 0. The lowest BCUT2D eigenvalue weighted by Gasteiger charge is -2.13. The number of carbonyl (C=O) groups excluding carboxylic acids is 1. The number of benzene rings is 2. The molecule has 0 saturated carbocycles. The zero-order chi connectivity index (χ0) is 23.1. The van der Waals surface area contributed by atoms with Crippen LogP contribution in [-0.4, -0.2) is 47.5 Å². The van der Waals surface area contributed by atoms with Crippen LogP contribution in [0.5, 0.6) is 0 Å². The first-order valence-corrected chi connectivity index (χ1v) is 9.97. The Labute approximate surface area is 183 Å².